The number of benzene rings is 9. The van der Waals surface area contributed by atoms with Gasteiger partial charge in [-0.25, -0.2) is 0 Å². The summed E-state index contributed by atoms with van der Waals surface area (Å²) in [6.45, 7) is 4.67. The van der Waals surface area contributed by atoms with E-state index in [-0.39, 0.29) is 5.41 Å². The molecule has 1 aliphatic rings. The number of hydrogen-bond donors (Lipinski definition) is 0. The van der Waals surface area contributed by atoms with E-state index < -0.39 is 0 Å². The highest BCUT2D eigenvalue weighted by Crippen LogP contribution is 2.53. The lowest BCUT2D eigenvalue weighted by atomic mass is 9.82. The van der Waals surface area contributed by atoms with Crippen molar-refractivity contribution in [2.45, 2.75) is 19.3 Å². The maximum Gasteiger partial charge on any atom is 0.159 e. The van der Waals surface area contributed by atoms with Gasteiger partial charge in [-0.05, 0) is 87.1 Å². The van der Waals surface area contributed by atoms with Crippen molar-refractivity contribution in [3.63, 3.8) is 0 Å². The summed E-state index contributed by atoms with van der Waals surface area (Å²) in [5, 5.41) is 8.65. The highest BCUT2D eigenvalue weighted by atomic mass is 16.3. The molecule has 3 aromatic heterocycles. The molecular weight excluding hydrogens is 723 g/mol. The van der Waals surface area contributed by atoms with Crippen LogP contribution in [0.5, 0.6) is 0 Å². The van der Waals surface area contributed by atoms with Crippen LogP contribution in [0.25, 0.3) is 98.8 Å². The molecule has 9 aromatic carbocycles. The lowest BCUT2D eigenvalue weighted by Gasteiger charge is -2.28. The quantitative estimate of drug-likeness (QED) is 0.179. The fraction of sp³-hybridized carbons (Fsp3) is 0.0545. The molecule has 0 aliphatic heterocycles. The molecule has 0 radical (unpaired) electrons. The van der Waals surface area contributed by atoms with Gasteiger partial charge in [0.2, 0.25) is 0 Å². The van der Waals surface area contributed by atoms with E-state index in [1.165, 1.54) is 33.0 Å². The Morgan fingerprint density at radius 2 is 1.05 bits per heavy atom. The molecule has 0 unspecified atom stereocenters. The van der Waals surface area contributed by atoms with Crippen molar-refractivity contribution in [1.29, 1.82) is 0 Å². The number of para-hydroxylation sites is 4. The minimum atomic E-state index is -0.185. The molecule has 1 aliphatic carbocycles. The monoisotopic (exact) mass is 757 g/mol. The van der Waals surface area contributed by atoms with E-state index in [0.717, 1.165) is 94.0 Å². The lowest BCUT2D eigenvalue weighted by molar-refractivity contribution is 0.660. The SMILES string of the molecule is CC1(C)c2ccccc2-c2ccc(N(c3cccc4c3oc3ccccc34)c3cccc4c3oc3c(-c5ccc6ccccc6c5)c5c(cc34)oc3ccccc35)cc21. The van der Waals surface area contributed by atoms with Crippen molar-refractivity contribution in [1.82, 2.24) is 0 Å². The Balaban J connectivity index is 1.13. The van der Waals surface area contributed by atoms with Gasteiger partial charge in [0.15, 0.2) is 11.2 Å². The van der Waals surface area contributed by atoms with Crippen molar-refractivity contribution < 1.29 is 13.3 Å². The third kappa shape index (κ3) is 4.49. The molecule has 0 saturated heterocycles. The molecule has 0 spiro atoms. The summed E-state index contributed by atoms with van der Waals surface area (Å²) in [5.74, 6) is 0. The first kappa shape index (κ1) is 32.5. The van der Waals surface area contributed by atoms with Crippen LogP contribution in [0, 0.1) is 0 Å². The Bertz CT molecular complexity index is 3730. The number of anilines is 3. The van der Waals surface area contributed by atoms with Gasteiger partial charge in [0.1, 0.15) is 22.3 Å². The Labute approximate surface area is 339 Å². The van der Waals surface area contributed by atoms with Crippen molar-refractivity contribution >= 4 is 93.7 Å². The molecule has 4 nitrogen and oxygen atoms in total. The van der Waals surface area contributed by atoms with Crippen LogP contribution in [0.1, 0.15) is 25.0 Å². The van der Waals surface area contributed by atoms with E-state index in [4.69, 9.17) is 13.3 Å². The third-order valence-corrected chi connectivity index (χ3v) is 12.8. The van der Waals surface area contributed by atoms with Gasteiger partial charge < -0.3 is 18.2 Å². The zero-order valence-electron chi connectivity index (χ0n) is 32.4. The molecule has 0 bridgehead atoms. The average molecular weight is 758 g/mol. The van der Waals surface area contributed by atoms with Gasteiger partial charge in [-0.15, -0.1) is 0 Å². The van der Waals surface area contributed by atoms with Gasteiger partial charge in [-0.1, -0.05) is 141 Å². The summed E-state index contributed by atoms with van der Waals surface area (Å²) >= 11 is 0. The molecular formula is C55H35NO3. The fourth-order valence-corrected chi connectivity index (χ4v) is 10.1. The summed E-state index contributed by atoms with van der Waals surface area (Å²) in [5.41, 5.74) is 15.0. The topological polar surface area (TPSA) is 42.7 Å². The third-order valence-electron chi connectivity index (χ3n) is 12.8. The molecule has 0 atom stereocenters. The Morgan fingerprint density at radius 1 is 0.407 bits per heavy atom. The van der Waals surface area contributed by atoms with Crippen LogP contribution in [-0.4, -0.2) is 0 Å². The maximum absolute atomic E-state index is 7.37. The van der Waals surface area contributed by atoms with E-state index >= 15 is 0 Å². The number of fused-ring (bicyclic) bond motifs is 13. The van der Waals surface area contributed by atoms with Crippen LogP contribution < -0.4 is 4.90 Å². The number of hydrogen-bond acceptors (Lipinski definition) is 4. The normalized spacial score (nSPS) is 13.4. The van der Waals surface area contributed by atoms with Gasteiger partial charge >= 0.3 is 0 Å². The number of furan rings is 3. The Morgan fingerprint density at radius 3 is 1.88 bits per heavy atom. The van der Waals surface area contributed by atoms with E-state index in [1.807, 2.05) is 24.3 Å². The van der Waals surface area contributed by atoms with Crippen LogP contribution in [0.2, 0.25) is 0 Å². The summed E-state index contributed by atoms with van der Waals surface area (Å²) in [7, 11) is 0. The average Bonchev–Trinajstić information content (AvgIpc) is 4.02. The van der Waals surface area contributed by atoms with Crippen molar-refractivity contribution in [3.05, 3.63) is 187 Å². The summed E-state index contributed by atoms with van der Waals surface area (Å²) < 4.78 is 20.8. The van der Waals surface area contributed by atoms with E-state index in [1.54, 1.807) is 0 Å². The first-order valence-electron chi connectivity index (χ1n) is 20.2. The van der Waals surface area contributed by atoms with Gasteiger partial charge in [0.25, 0.3) is 0 Å². The van der Waals surface area contributed by atoms with E-state index in [9.17, 15) is 0 Å². The number of rotatable bonds is 4. The molecule has 4 heteroatoms. The van der Waals surface area contributed by atoms with E-state index in [2.05, 4.69) is 170 Å². The van der Waals surface area contributed by atoms with Gasteiger partial charge in [0.05, 0.1) is 11.4 Å². The van der Waals surface area contributed by atoms with Gasteiger partial charge in [0, 0.05) is 49.0 Å². The Kier molecular flexibility index (Phi) is 6.48. The molecule has 59 heavy (non-hydrogen) atoms. The van der Waals surface area contributed by atoms with Crippen molar-refractivity contribution in [3.8, 4) is 22.3 Å². The molecule has 3 heterocycles. The zero-order valence-corrected chi connectivity index (χ0v) is 32.4. The fourth-order valence-electron chi connectivity index (χ4n) is 10.1. The highest BCUT2D eigenvalue weighted by Gasteiger charge is 2.36. The predicted molar refractivity (Wildman–Crippen MR) is 243 cm³/mol. The second kappa shape index (κ2) is 11.7. The lowest BCUT2D eigenvalue weighted by Crippen LogP contribution is -2.16. The van der Waals surface area contributed by atoms with Crippen LogP contribution in [-0.2, 0) is 5.41 Å². The molecule has 12 aromatic rings. The predicted octanol–water partition coefficient (Wildman–Crippen LogP) is 16.0. The maximum atomic E-state index is 7.37. The summed E-state index contributed by atoms with van der Waals surface area (Å²) in [4.78, 5) is 2.34. The van der Waals surface area contributed by atoms with Crippen LogP contribution in [0.15, 0.2) is 189 Å². The van der Waals surface area contributed by atoms with Gasteiger partial charge in [-0.3, -0.25) is 0 Å². The van der Waals surface area contributed by atoms with E-state index in [0.29, 0.717) is 0 Å². The van der Waals surface area contributed by atoms with Crippen molar-refractivity contribution in [2.75, 3.05) is 4.90 Å². The van der Waals surface area contributed by atoms with Crippen molar-refractivity contribution in [2.24, 2.45) is 0 Å². The summed E-state index contributed by atoms with van der Waals surface area (Å²) in [6.07, 6.45) is 0. The molecule has 278 valence electrons. The Hall–Kier alpha value is -7.56. The minimum absolute atomic E-state index is 0.185. The van der Waals surface area contributed by atoms with Crippen LogP contribution >= 0.6 is 0 Å². The summed E-state index contributed by atoms with van der Waals surface area (Å²) in [6, 6.07) is 62.6. The molecule has 0 fully saturated rings. The van der Waals surface area contributed by atoms with Crippen LogP contribution in [0.3, 0.4) is 0 Å². The molecule has 0 saturated carbocycles. The second-order valence-electron chi connectivity index (χ2n) is 16.4. The standard InChI is InChI=1S/C55H35NO3/c1-55(2)43-20-8-5-15-36(43)37-28-27-35(30-44(37)55)56(45-21-11-18-39-38-16-6-9-23-47(38)58-52(39)45)46-22-12-19-40-42-31-49-51(41-17-7-10-24-48(41)57-49)50(54(42)59-53(40)46)34-26-25-32-13-3-4-14-33(32)29-34/h3-31H,1-2H3. The number of nitrogens with zero attached hydrogens (tertiary/aromatic N) is 1. The molecule has 0 N–H and O–H groups in total. The second-order valence-corrected chi connectivity index (χ2v) is 16.4. The zero-order chi connectivity index (χ0) is 39.0. The minimum Gasteiger partial charge on any atom is -0.456 e. The first-order chi connectivity index (χ1) is 29.0. The smallest absolute Gasteiger partial charge is 0.159 e. The largest absolute Gasteiger partial charge is 0.456 e. The molecule has 0 amide bonds. The molecule has 13 rings (SSSR count). The highest BCUT2D eigenvalue weighted by molar-refractivity contribution is 6.25. The van der Waals surface area contributed by atoms with Gasteiger partial charge in [-0.2, -0.15) is 0 Å². The first-order valence-corrected chi connectivity index (χ1v) is 20.2. The van der Waals surface area contributed by atoms with Crippen LogP contribution in [0.4, 0.5) is 17.1 Å².